The van der Waals surface area contributed by atoms with Gasteiger partial charge in [-0.25, -0.2) is 4.39 Å². The van der Waals surface area contributed by atoms with E-state index in [9.17, 15) is 9.18 Å². The van der Waals surface area contributed by atoms with Gasteiger partial charge in [0.25, 0.3) is 0 Å². The van der Waals surface area contributed by atoms with Crippen molar-refractivity contribution in [2.75, 3.05) is 0 Å². The molecule has 0 bridgehead atoms. The molecule has 0 spiro atoms. The van der Waals surface area contributed by atoms with Gasteiger partial charge in [0.2, 0.25) is 0 Å². The minimum Gasteiger partial charge on any atom is -0.481 e. The lowest BCUT2D eigenvalue weighted by atomic mass is 10.0. The van der Waals surface area contributed by atoms with Gasteiger partial charge in [-0.15, -0.1) is 0 Å². The van der Waals surface area contributed by atoms with Crippen molar-refractivity contribution in [3.8, 4) is 0 Å². The zero-order valence-electron chi connectivity index (χ0n) is 5.96. The third-order valence-electron chi connectivity index (χ3n) is 2.06. The van der Waals surface area contributed by atoms with E-state index in [1.165, 1.54) is 0 Å². The van der Waals surface area contributed by atoms with Gasteiger partial charge in [0.05, 0.1) is 12.2 Å². The lowest BCUT2D eigenvalue weighted by Gasteiger charge is -2.09. The highest BCUT2D eigenvalue weighted by molar-refractivity contribution is 5.72. The number of rotatable bonds is 1. The summed E-state index contributed by atoms with van der Waals surface area (Å²) in [6, 6.07) is -0.627. The topological polar surface area (TPSA) is 63.3 Å². The first-order valence-corrected chi connectivity index (χ1v) is 3.44. The van der Waals surface area contributed by atoms with Crippen LogP contribution < -0.4 is 5.73 Å². The average molecular weight is 159 g/mol. The van der Waals surface area contributed by atoms with Crippen molar-refractivity contribution in [2.24, 2.45) is 11.7 Å². The van der Waals surface area contributed by atoms with Gasteiger partial charge in [-0.2, -0.15) is 0 Å². The lowest BCUT2D eigenvalue weighted by molar-refractivity contribution is -0.141. The van der Waals surface area contributed by atoms with Crippen LogP contribution in [0.5, 0.6) is 0 Å². The van der Waals surface area contributed by atoms with Crippen LogP contribution in [-0.2, 0) is 4.79 Å². The molecule has 11 heavy (non-hydrogen) atoms. The van der Waals surface area contributed by atoms with E-state index in [-0.39, 0.29) is 0 Å². The molecule has 0 heterocycles. The number of carbonyl (C=O) groups is 1. The van der Waals surface area contributed by atoms with Crippen molar-refractivity contribution in [1.82, 2.24) is 0 Å². The van der Waals surface area contributed by atoms with E-state index in [0.717, 1.165) is 0 Å². The van der Waals surface area contributed by atoms with Crippen LogP contribution in [0.1, 0.15) is 12.8 Å². The predicted molar refractivity (Wildman–Crippen MR) is 37.5 cm³/mol. The van der Waals surface area contributed by atoms with Gasteiger partial charge in [0, 0.05) is 6.04 Å². The summed E-state index contributed by atoms with van der Waals surface area (Å²) in [5, 5.41) is 8.57. The van der Waals surface area contributed by atoms with Crippen molar-refractivity contribution in [3.63, 3.8) is 0 Å². The molecule has 3 N–H and O–H groups in total. The fourth-order valence-corrected chi connectivity index (χ4v) is 1.33. The lowest BCUT2D eigenvalue weighted by Crippen LogP contribution is -2.31. The van der Waals surface area contributed by atoms with Gasteiger partial charge >= 0.3 is 5.97 Å². The first kappa shape index (κ1) is 8.20. The van der Waals surface area contributed by atoms with Gasteiger partial charge in [-0.05, 0) is 18.4 Å². The number of carboxylic acid groups (broad SMARTS) is 1. The zero-order valence-corrected chi connectivity index (χ0v) is 5.96. The molecule has 4 heteroatoms. The first-order valence-electron chi connectivity index (χ1n) is 3.44. The molecule has 1 aliphatic rings. The van der Waals surface area contributed by atoms with E-state index in [2.05, 4.69) is 0 Å². The number of hydrogen-bond acceptors (Lipinski definition) is 2. The van der Waals surface area contributed by atoms with Gasteiger partial charge < -0.3 is 10.8 Å². The summed E-state index contributed by atoms with van der Waals surface area (Å²) in [6.07, 6.45) is 1.34. The third kappa shape index (κ3) is 1.40. The van der Waals surface area contributed by atoms with Crippen LogP contribution in [0, 0.1) is 5.92 Å². The monoisotopic (exact) mass is 159 g/mol. The Labute approximate surface area is 63.7 Å². The Morgan fingerprint density at radius 2 is 2.45 bits per heavy atom. The molecule has 0 aliphatic heterocycles. The summed E-state index contributed by atoms with van der Waals surface area (Å²) in [5.41, 5.74) is 5.86. The largest absolute Gasteiger partial charge is 0.481 e. The smallest absolute Gasteiger partial charge is 0.308 e. The normalized spacial score (nSPS) is 34.5. The number of hydrogen-bond donors (Lipinski definition) is 2. The van der Waals surface area contributed by atoms with Crippen LogP contribution in [-0.4, -0.2) is 17.1 Å². The van der Waals surface area contributed by atoms with E-state index in [1.807, 2.05) is 0 Å². The Hall–Kier alpha value is -0.900. The van der Waals surface area contributed by atoms with Crippen LogP contribution >= 0.6 is 0 Å². The highest BCUT2D eigenvalue weighted by Crippen LogP contribution is 2.29. The number of aliphatic carboxylic acids is 1. The number of carboxylic acids is 1. The van der Waals surface area contributed by atoms with Gasteiger partial charge in [0.15, 0.2) is 0 Å². The fraction of sp³-hybridized carbons (Fsp3) is 0.571. The Morgan fingerprint density at radius 3 is 2.73 bits per heavy atom. The molecule has 0 amide bonds. The van der Waals surface area contributed by atoms with Crippen molar-refractivity contribution < 1.29 is 14.3 Å². The maximum Gasteiger partial charge on any atom is 0.308 e. The third-order valence-corrected chi connectivity index (χ3v) is 2.06. The molecule has 0 unspecified atom stereocenters. The summed E-state index contributed by atoms with van der Waals surface area (Å²) in [4.78, 5) is 10.4. The van der Waals surface area contributed by atoms with Crippen LogP contribution in [0.3, 0.4) is 0 Å². The molecule has 0 radical (unpaired) electrons. The first-order chi connectivity index (χ1) is 5.16. The molecule has 0 saturated heterocycles. The molecular formula is C7H10FNO2. The molecule has 1 fully saturated rings. The van der Waals surface area contributed by atoms with Gasteiger partial charge in [-0.1, -0.05) is 0 Å². The van der Waals surface area contributed by atoms with Crippen LogP contribution in [0.4, 0.5) is 4.39 Å². The summed E-state index contributed by atoms with van der Waals surface area (Å²) in [6.45, 7) is 0. The molecule has 1 aliphatic carbocycles. The Morgan fingerprint density at radius 1 is 1.82 bits per heavy atom. The summed E-state index contributed by atoms with van der Waals surface area (Å²) >= 11 is 0. The number of nitrogens with two attached hydrogens (primary N) is 1. The van der Waals surface area contributed by atoms with Crippen LogP contribution in [0.15, 0.2) is 11.9 Å². The second-order valence-corrected chi connectivity index (χ2v) is 2.69. The zero-order chi connectivity index (χ0) is 8.43. The maximum absolute atomic E-state index is 12.0. The highest BCUT2D eigenvalue weighted by Gasteiger charge is 2.33. The molecule has 1 saturated carbocycles. The van der Waals surface area contributed by atoms with E-state index in [0.29, 0.717) is 24.7 Å². The molecule has 0 aromatic carbocycles. The Balaban J connectivity index is 2.70. The average Bonchev–Trinajstić information content (AvgIpc) is 2.30. The van der Waals surface area contributed by atoms with E-state index >= 15 is 0 Å². The minimum absolute atomic E-state index is 0.414. The second kappa shape index (κ2) is 3.00. The van der Waals surface area contributed by atoms with Crippen LogP contribution in [0.2, 0.25) is 0 Å². The molecule has 0 aromatic heterocycles. The van der Waals surface area contributed by atoms with Crippen molar-refractivity contribution in [2.45, 2.75) is 18.9 Å². The summed E-state index contributed by atoms with van der Waals surface area (Å²) in [5.74, 6) is -1.54. The van der Waals surface area contributed by atoms with E-state index < -0.39 is 17.9 Å². The van der Waals surface area contributed by atoms with Gasteiger partial charge in [-0.3, -0.25) is 4.79 Å². The van der Waals surface area contributed by atoms with E-state index in [1.54, 1.807) is 0 Å². The Kier molecular flexibility index (Phi) is 2.24. The Bertz CT molecular complexity index is 203. The molecule has 1 rings (SSSR count). The summed E-state index contributed by atoms with van der Waals surface area (Å²) in [7, 11) is 0. The van der Waals surface area contributed by atoms with E-state index in [4.69, 9.17) is 10.8 Å². The second-order valence-electron chi connectivity index (χ2n) is 2.69. The quantitative estimate of drug-likeness (QED) is 0.590. The molecule has 62 valence electrons. The molecular weight excluding hydrogens is 149 g/mol. The fourth-order valence-electron chi connectivity index (χ4n) is 1.33. The molecule has 0 aromatic rings. The molecule has 2 atom stereocenters. The van der Waals surface area contributed by atoms with Gasteiger partial charge in [0.1, 0.15) is 0 Å². The minimum atomic E-state index is -0.936. The van der Waals surface area contributed by atoms with Crippen molar-refractivity contribution in [1.29, 1.82) is 0 Å². The number of halogens is 1. The SMILES string of the molecule is N[C@@H]1/C(=C\F)CC[C@@H]1C(=O)O. The highest BCUT2D eigenvalue weighted by atomic mass is 19.1. The van der Waals surface area contributed by atoms with Crippen molar-refractivity contribution >= 4 is 5.97 Å². The summed E-state index contributed by atoms with van der Waals surface area (Å²) < 4.78 is 12.0. The standard InChI is InChI=1S/C7H10FNO2/c8-3-4-1-2-5(6(4)9)7(10)11/h3,5-6H,1-2,9H2,(H,10,11)/b4-3-/t5-,6+/m0/s1. The van der Waals surface area contributed by atoms with Crippen molar-refractivity contribution in [3.05, 3.63) is 11.9 Å². The predicted octanol–water partition coefficient (Wildman–Crippen LogP) is 0.662. The molecule has 3 nitrogen and oxygen atoms in total. The maximum atomic E-state index is 12.0. The van der Waals surface area contributed by atoms with Crippen LogP contribution in [0.25, 0.3) is 0 Å².